The number of nitrogen functional groups attached to an aromatic ring is 1. The number of fused-ring (bicyclic) bond motifs is 2. The van der Waals surface area contributed by atoms with Crippen LogP contribution in [0.4, 0.5) is 17.8 Å². The van der Waals surface area contributed by atoms with Gasteiger partial charge in [0.1, 0.15) is 12.7 Å². The predicted octanol–water partition coefficient (Wildman–Crippen LogP) is 2.60. The van der Waals surface area contributed by atoms with Crippen LogP contribution in [0.2, 0.25) is 20.1 Å². The van der Waals surface area contributed by atoms with Crippen LogP contribution in [0.5, 0.6) is 0 Å². The standard InChI is InChI=1S/2C16H14Cl2N8O2/c1-23-11-12(22-15(23)26-14(19)20-7-21-26)24(2)16(28)25(13(11)27)6-8-3-4-9(17)10(18)5-8;1-24-11-12(21-15(24)22-14-19-7-20-23-14)25(2)16(28)26(13(11)27)6-8-3-4-9(17)10(18)5-8/h3-5,7H,6H2,1-2H3,(H2,19,20,21);3-5,7H,6H2,1-2H3,(H2,19,20,21,22,23). The SMILES string of the molecule is Cn1c(-n2ncnc2N)nc2c1c(=O)n(Cc1ccc(Cl)c(Cl)c1)c(=O)n2C.Cn1c(Nc2ncn[nH]2)nc2c1c(=O)n(Cc1ccc(Cl)c(Cl)c1)c(=O)n2C. The number of nitrogens with two attached hydrogens (primary N) is 1. The number of aromatic amines is 1. The van der Waals surface area contributed by atoms with E-state index >= 15 is 0 Å². The van der Waals surface area contributed by atoms with Crippen LogP contribution in [0, 0.1) is 0 Å². The van der Waals surface area contributed by atoms with E-state index in [4.69, 9.17) is 52.1 Å². The van der Waals surface area contributed by atoms with E-state index in [0.29, 0.717) is 43.1 Å². The summed E-state index contributed by atoms with van der Waals surface area (Å²) >= 11 is 24.0. The summed E-state index contributed by atoms with van der Waals surface area (Å²) in [6.07, 6.45) is 2.61. The molecule has 0 radical (unpaired) electrons. The number of aryl methyl sites for hydroxylation is 4. The Morgan fingerprint density at radius 2 is 1.21 bits per heavy atom. The van der Waals surface area contributed by atoms with E-state index in [0.717, 1.165) is 9.13 Å². The molecule has 20 nitrogen and oxygen atoms in total. The minimum Gasteiger partial charge on any atom is -0.368 e. The molecule has 8 aromatic rings. The van der Waals surface area contributed by atoms with Crippen LogP contribution in [0.1, 0.15) is 11.1 Å². The molecule has 0 saturated heterocycles. The average molecular weight is 842 g/mol. The summed E-state index contributed by atoms with van der Waals surface area (Å²) in [7, 11) is 6.40. The van der Waals surface area contributed by atoms with Gasteiger partial charge in [0.2, 0.25) is 23.8 Å². The van der Waals surface area contributed by atoms with Crippen molar-refractivity contribution in [1.29, 1.82) is 0 Å². The van der Waals surface area contributed by atoms with Gasteiger partial charge >= 0.3 is 11.4 Å². The largest absolute Gasteiger partial charge is 0.368 e. The van der Waals surface area contributed by atoms with Gasteiger partial charge in [0.05, 0.1) is 33.2 Å². The Hall–Kier alpha value is -6.22. The Kier molecular flexibility index (Phi) is 10.1. The maximum absolute atomic E-state index is 13.1. The Labute approximate surface area is 332 Å². The van der Waals surface area contributed by atoms with Gasteiger partial charge in [-0.25, -0.2) is 14.7 Å². The Balaban J connectivity index is 0.000000172. The number of hydrogen-bond acceptors (Lipinski definition) is 12. The Morgan fingerprint density at radius 1 is 0.679 bits per heavy atom. The lowest BCUT2D eigenvalue weighted by Crippen LogP contribution is -2.39. The lowest BCUT2D eigenvalue weighted by atomic mass is 10.2. The van der Waals surface area contributed by atoms with Crippen LogP contribution < -0.4 is 33.5 Å². The molecule has 6 aromatic heterocycles. The van der Waals surface area contributed by atoms with Crippen LogP contribution >= 0.6 is 46.4 Å². The molecular formula is C32H28Cl4N16O4. The fraction of sp³-hybridized carbons (Fsp3) is 0.188. The van der Waals surface area contributed by atoms with Crippen LogP contribution in [0.15, 0.2) is 68.2 Å². The number of nitrogens with zero attached hydrogens (tertiary/aromatic N) is 13. The van der Waals surface area contributed by atoms with Gasteiger partial charge in [-0.3, -0.25) is 33.2 Å². The number of imidazole rings is 2. The fourth-order valence-corrected chi connectivity index (χ4v) is 6.51. The Bertz CT molecular complexity index is 3060. The fourth-order valence-electron chi connectivity index (χ4n) is 5.87. The third kappa shape index (κ3) is 6.72. The number of halogens is 4. The lowest BCUT2D eigenvalue weighted by molar-refractivity contribution is 0.655. The van der Waals surface area contributed by atoms with Crippen molar-refractivity contribution in [2.24, 2.45) is 28.2 Å². The van der Waals surface area contributed by atoms with Gasteiger partial charge in [-0.15, -0.1) is 0 Å². The highest BCUT2D eigenvalue weighted by molar-refractivity contribution is 6.42. The van der Waals surface area contributed by atoms with Crippen molar-refractivity contribution < 1.29 is 0 Å². The highest BCUT2D eigenvalue weighted by Crippen LogP contribution is 2.24. The normalized spacial score (nSPS) is 11.4. The minimum atomic E-state index is -0.514. The first-order chi connectivity index (χ1) is 26.7. The number of aromatic nitrogens is 14. The van der Waals surface area contributed by atoms with Crippen LogP contribution in [-0.4, -0.2) is 67.3 Å². The number of anilines is 3. The first-order valence-corrected chi connectivity index (χ1v) is 17.7. The van der Waals surface area contributed by atoms with E-state index in [-0.39, 0.29) is 47.3 Å². The summed E-state index contributed by atoms with van der Waals surface area (Å²) in [5.41, 5.74) is 6.12. The minimum absolute atomic E-state index is 0.0321. The van der Waals surface area contributed by atoms with Gasteiger partial charge < -0.3 is 14.9 Å². The second kappa shape index (κ2) is 14.8. The average Bonchev–Trinajstić information content (AvgIpc) is 3.98. The van der Waals surface area contributed by atoms with Crippen molar-refractivity contribution in [1.82, 2.24) is 67.3 Å². The Morgan fingerprint density at radius 3 is 1.70 bits per heavy atom. The predicted molar refractivity (Wildman–Crippen MR) is 211 cm³/mol. The van der Waals surface area contributed by atoms with Gasteiger partial charge in [-0.05, 0) is 35.4 Å². The van der Waals surface area contributed by atoms with Crippen molar-refractivity contribution in [3.63, 3.8) is 0 Å². The summed E-state index contributed by atoms with van der Waals surface area (Å²) in [6, 6.07) is 9.89. The zero-order chi connectivity index (χ0) is 40.2. The molecule has 0 atom stereocenters. The molecule has 0 saturated carbocycles. The second-order valence-corrected chi connectivity index (χ2v) is 13.9. The molecule has 2 aromatic carbocycles. The van der Waals surface area contributed by atoms with Gasteiger partial charge in [0.25, 0.3) is 11.1 Å². The van der Waals surface area contributed by atoms with E-state index < -0.39 is 22.5 Å². The van der Waals surface area contributed by atoms with E-state index in [1.54, 1.807) is 62.1 Å². The molecule has 0 aliphatic carbocycles. The van der Waals surface area contributed by atoms with Crippen molar-refractivity contribution in [3.05, 3.63) is 122 Å². The first kappa shape index (κ1) is 38.1. The summed E-state index contributed by atoms with van der Waals surface area (Å²) in [5.74, 6) is 1.08. The molecular weight excluding hydrogens is 814 g/mol. The van der Waals surface area contributed by atoms with E-state index in [1.165, 1.54) is 38.1 Å². The molecule has 0 bridgehead atoms. The zero-order valence-corrected chi connectivity index (χ0v) is 32.6. The van der Waals surface area contributed by atoms with Crippen molar-refractivity contribution in [2.75, 3.05) is 11.1 Å². The first-order valence-electron chi connectivity index (χ1n) is 16.1. The lowest BCUT2D eigenvalue weighted by Gasteiger charge is -2.09. The molecule has 288 valence electrons. The third-order valence-electron chi connectivity index (χ3n) is 8.75. The van der Waals surface area contributed by atoms with Gasteiger partial charge in [0, 0.05) is 28.2 Å². The van der Waals surface area contributed by atoms with Crippen LogP contribution in [-0.2, 0) is 41.3 Å². The molecule has 0 fully saturated rings. The van der Waals surface area contributed by atoms with E-state index in [2.05, 4.69) is 40.5 Å². The molecule has 56 heavy (non-hydrogen) atoms. The molecule has 0 spiro atoms. The molecule has 6 heterocycles. The van der Waals surface area contributed by atoms with Crippen LogP contribution in [0.3, 0.4) is 0 Å². The van der Waals surface area contributed by atoms with E-state index in [1.807, 2.05) is 0 Å². The maximum Gasteiger partial charge on any atom is 0.332 e. The third-order valence-corrected chi connectivity index (χ3v) is 10.2. The number of hydrogen-bond donors (Lipinski definition) is 3. The number of H-pyrrole nitrogens is 1. The van der Waals surface area contributed by atoms with E-state index in [9.17, 15) is 19.2 Å². The summed E-state index contributed by atoms with van der Waals surface area (Å²) in [5, 5.41) is 14.8. The van der Waals surface area contributed by atoms with Gasteiger partial charge in [-0.2, -0.15) is 34.8 Å². The van der Waals surface area contributed by atoms with Gasteiger partial charge in [0.15, 0.2) is 22.3 Å². The van der Waals surface area contributed by atoms with Crippen LogP contribution in [0.25, 0.3) is 28.3 Å². The van der Waals surface area contributed by atoms with Crippen molar-refractivity contribution >= 4 is 86.6 Å². The monoisotopic (exact) mass is 840 g/mol. The molecule has 8 rings (SSSR count). The highest BCUT2D eigenvalue weighted by atomic mass is 35.5. The quantitative estimate of drug-likeness (QED) is 0.210. The molecule has 24 heteroatoms. The summed E-state index contributed by atoms with van der Waals surface area (Å²) < 4.78 is 9.22. The number of nitrogens with one attached hydrogen (secondary N) is 2. The second-order valence-electron chi connectivity index (χ2n) is 12.3. The highest BCUT2D eigenvalue weighted by Gasteiger charge is 2.22. The maximum atomic E-state index is 13.1. The zero-order valence-electron chi connectivity index (χ0n) is 29.6. The molecule has 0 amide bonds. The molecule has 0 aliphatic rings. The number of rotatable bonds is 7. The smallest absolute Gasteiger partial charge is 0.332 e. The van der Waals surface area contributed by atoms with Crippen molar-refractivity contribution in [2.45, 2.75) is 13.1 Å². The summed E-state index contributed by atoms with van der Waals surface area (Å²) in [4.78, 5) is 68.3. The molecule has 4 N–H and O–H groups in total. The topological polar surface area (TPSA) is 234 Å². The van der Waals surface area contributed by atoms with Gasteiger partial charge in [-0.1, -0.05) is 58.5 Å². The number of benzene rings is 2. The molecule has 0 unspecified atom stereocenters. The van der Waals surface area contributed by atoms with Crippen molar-refractivity contribution in [3.8, 4) is 5.95 Å². The summed E-state index contributed by atoms with van der Waals surface area (Å²) in [6.45, 7) is 0.0820. The molecule has 0 aliphatic heterocycles.